The van der Waals surface area contributed by atoms with Gasteiger partial charge in [-0.1, -0.05) is 12.2 Å². The third-order valence-corrected chi connectivity index (χ3v) is 3.75. The molecule has 0 aromatic carbocycles. The van der Waals surface area contributed by atoms with Crippen LogP contribution in [0.5, 0.6) is 0 Å². The van der Waals surface area contributed by atoms with E-state index in [4.69, 9.17) is 22.9 Å². The van der Waals surface area contributed by atoms with Crippen LogP contribution in [-0.4, -0.2) is 15.0 Å². The van der Waals surface area contributed by atoms with Gasteiger partial charge in [0.25, 0.3) is 0 Å². The fourth-order valence-electron chi connectivity index (χ4n) is 2.48. The van der Waals surface area contributed by atoms with E-state index in [-0.39, 0.29) is 0 Å². The number of hydrogen-bond donors (Lipinski definition) is 2. The van der Waals surface area contributed by atoms with Gasteiger partial charge in [0.1, 0.15) is 10.8 Å². The topological polar surface area (TPSA) is 63.8 Å². The summed E-state index contributed by atoms with van der Waals surface area (Å²) < 4.78 is 0. The molecule has 3 rings (SSSR count). The van der Waals surface area contributed by atoms with Gasteiger partial charge < -0.3 is 11.1 Å². The number of aromatic nitrogens is 2. The van der Waals surface area contributed by atoms with Crippen LogP contribution in [0.2, 0.25) is 0 Å². The molecule has 2 heterocycles. The van der Waals surface area contributed by atoms with Gasteiger partial charge in [0.05, 0.1) is 5.56 Å². The lowest BCUT2D eigenvalue weighted by molar-refractivity contribution is 0.899. The number of aryl methyl sites for hydroxylation is 2. The normalized spacial score (nSPS) is 13.0. The van der Waals surface area contributed by atoms with Crippen molar-refractivity contribution in [1.29, 1.82) is 0 Å². The summed E-state index contributed by atoms with van der Waals surface area (Å²) in [5.41, 5.74) is 10.3. The molecule has 0 spiro atoms. The van der Waals surface area contributed by atoms with Crippen LogP contribution in [0.1, 0.15) is 28.8 Å². The maximum Gasteiger partial charge on any atom is 0.136 e. The molecule has 1 aliphatic carbocycles. The quantitative estimate of drug-likeness (QED) is 0.843. The molecule has 0 amide bonds. The van der Waals surface area contributed by atoms with Gasteiger partial charge in [-0.05, 0) is 48.6 Å². The fourth-order valence-corrected chi connectivity index (χ4v) is 2.64. The molecular formula is C15H16N4S. The summed E-state index contributed by atoms with van der Waals surface area (Å²) in [4.78, 5) is 9.10. The van der Waals surface area contributed by atoms with Crippen LogP contribution >= 0.6 is 12.2 Å². The van der Waals surface area contributed by atoms with E-state index in [0.717, 1.165) is 36.2 Å². The number of nitrogens with zero attached hydrogens (tertiary/aromatic N) is 2. The summed E-state index contributed by atoms with van der Waals surface area (Å²) in [5.74, 6) is 0.787. The molecule has 0 atom stereocenters. The van der Waals surface area contributed by atoms with Crippen LogP contribution in [0.15, 0.2) is 30.6 Å². The predicted molar refractivity (Wildman–Crippen MR) is 83.7 cm³/mol. The van der Waals surface area contributed by atoms with E-state index < -0.39 is 0 Å². The molecule has 102 valence electrons. The number of thiocarbonyl (C=S) groups is 1. The first-order chi connectivity index (χ1) is 9.74. The van der Waals surface area contributed by atoms with E-state index in [1.165, 1.54) is 11.3 Å². The second kappa shape index (κ2) is 5.54. The molecule has 0 bridgehead atoms. The first kappa shape index (κ1) is 13.0. The minimum absolute atomic E-state index is 0.393. The highest BCUT2D eigenvalue weighted by molar-refractivity contribution is 7.80. The van der Waals surface area contributed by atoms with Crippen molar-refractivity contribution in [3.63, 3.8) is 0 Å². The van der Waals surface area contributed by atoms with Crippen LogP contribution < -0.4 is 11.1 Å². The number of anilines is 1. The van der Waals surface area contributed by atoms with Crippen molar-refractivity contribution in [1.82, 2.24) is 9.97 Å². The van der Waals surface area contributed by atoms with Crippen LogP contribution in [0.25, 0.3) is 0 Å². The summed E-state index contributed by atoms with van der Waals surface area (Å²) >= 11 is 5.14. The molecule has 20 heavy (non-hydrogen) atoms. The van der Waals surface area contributed by atoms with Gasteiger partial charge in [-0.15, -0.1) is 0 Å². The summed E-state index contributed by atoms with van der Waals surface area (Å²) in [6, 6.07) is 6.04. The number of hydrogen-bond acceptors (Lipinski definition) is 4. The fraction of sp³-hybridized carbons (Fsp3) is 0.267. The molecule has 0 aliphatic heterocycles. The maximum absolute atomic E-state index is 5.82. The Balaban J connectivity index is 1.86. The molecule has 0 unspecified atom stereocenters. The predicted octanol–water partition coefficient (Wildman–Crippen LogP) is 2.21. The second-order valence-corrected chi connectivity index (χ2v) is 5.36. The lowest BCUT2D eigenvalue weighted by Gasteiger charge is -2.12. The molecule has 0 radical (unpaired) electrons. The van der Waals surface area contributed by atoms with Crippen molar-refractivity contribution < 1.29 is 0 Å². The van der Waals surface area contributed by atoms with Gasteiger partial charge in [-0.25, -0.2) is 4.98 Å². The molecule has 4 nitrogen and oxygen atoms in total. The highest BCUT2D eigenvalue weighted by Crippen LogP contribution is 2.25. The number of fused-ring (bicyclic) bond motifs is 1. The van der Waals surface area contributed by atoms with E-state index in [0.29, 0.717) is 11.5 Å². The maximum atomic E-state index is 5.82. The molecule has 5 heteroatoms. The number of rotatable bonds is 4. The molecule has 2 aromatic heterocycles. The summed E-state index contributed by atoms with van der Waals surface area (Å²) in [5, 5.41) is 3.33. The average molecular weight is 284 g/mol. The first-order valence-corrected chi connectivity index (χ1v) is 7.10. The Bertz CT molecular complexity index is 640. The van der Waals surface area contributed by atoms with Crippen molar-refractivity contribution >= 4 is 23.0 Å². The Morgan fingerprint density at radius 1 is 1.30 bits per heavy atom. The highest BCUT2D eigenvalue weighted by Gasteiger charge is 2.17. The molecule has 0 saturated heterocycles. The van der Waals surface area contributed by atoms with Crippen molar-refractivity contribution in [3.05, 3.63) is 53.0 Å². The average Bonchev–Trinajstić information content (AvgIpc) is 2.92. The molecule has 0 saturated carbocycles. The van der Waals surface area contributed by atoms with Gasteiger partial charge in [0, 0.05) is 24.6 Å². The zero-order chi connectivity index (χ0) is 13.9. The second-order valence-electron chi connectivity index (χ2n) is 4.92. The van der Waals surface area contributed by atoms with E-state index in [1.807, 2.05) is 12.1 Å². The smallest absolute Gasteiger partial charge is 0.136 e. The summed E-state index contributed by atoms with van der Waals surface area (Å²) in [6.07, 6.45) is 6.83. The minimum atomic E-state index is 0.393. The monoisotopic (exact) mass is 284 g/mol. The van der Waals surface area contributed by atoms with E-state index in [9.17, 15) is 0 Å². The van der Waals surface area contributed by atoms with Crippen LogP contribution in [-0.2, 0) is 19.4 Å². The Hall–Kier alpha value is -2.01. The standard InChI is InChI=1S/C15H16N4S/c16-14(20)12-8-11-2-1-3-13(11)19-15(12)18-9-10-4-6-17-7-5-10/h4-8H,1-3,9H2,(H2,16,20)(H,18,19). The van der Waals surface area contributed by atoms with E-state index >= 15 is 0 Å². The summed E-state index contributed by atoms with van der Waals surface area (Å²) in [6.45, 7) is 0.684. The molecule has 2 aromatic rings. The van der Waals surface area contributed by atoms with Crippen molar-refractivity contribution in [2.24, 2.45) is 5.73 Å². The zero-order valence-electron chi connectivity index (χ0n) is 11.1. The van der Waals surface area contributed by atoms with Crippen molar-refractivity contribution in [2.75, 3.05) is 5.32 Å². The van der Waals surface area contributed by atoms with Crippen LogP contribution in [0.3, 0.4) is 0 Å². The van der Waals surface area contributed by atoms with Gasteiger partial charge >= 0.3 is 0 Å². The lowest BCUT2D eigenvalue weighted by Crippen LogP contribution is -2.15. The Morgan fingerprint density at radius 2 is 2.10 bits per heavy atom. The van der Waals surface area contributed by atoms with Crippen molar-refractivity contribution in [2.45, 2.75) is 25.8 Å². The van der Waals surface area contributed by atoms with E-state index in [1.54, 1.807) is 12.4 Å². The largest absolute Gasteiger partial charge is 0.389 e. The van der Waals surface area contributed by atoms with Crippen molar-refractivity contribution in [3.8, 4) is 0 Å². The van der Waals surface area contributed by atoms with Gasteiger partial charge in [-0.2, -0.15) is 0 Å². The molecule has 0 fully saturated rings. The van der Waals surface area contributed by atoms with Gasteiger partial charge in [-0.3, -0.25) is 4.98 Å². The third-order valence-electron chi connectivity index (χ3n) is 3.53. The van der Waals surface area contributed by atoms with Crippen LogP contribution in [0, 0.1) is 0 Å². The minimum Gasteiger partial charge on any atom is -0.389 e. The van der Waals surface area contributed by atoms with Gasteiger partial charge in [0.15, 0.2) is 0 Å². The molecule has 3 N–H and O–H groups in total. The Labute approximate surface area is 123 Å². The Morgan fingerprint density at radius 3 is 2.85 bits per heavy atom. The van der Waals surface area contributed by atoms with E-state index in [2.05, 4.69) is 16.4 Å². The molecule has 1 aliphatic rings. The SMILES string of the molecule is NC(=S)c1cc2c(nc1NCc1ccncc1)CCC2. The third kappa shape index (κ3) is 2.63. The highest BCUT2D eigenvalue weighted by atomic mass is 32.1. The number of pyridine rings is 2. The Kier molecular flexibility index (Phi) is 3.60. The zero-order valence-corrected chi connectivity index (χ0v) is 11.9. The molecular weight excluding hydrogens is 268 g/mol. The number of nitrogens with two attached hydrogens (primary N) is 1. The number of nitrogens with one attached hydrogen (secondary N) is 1. The van der Waals surface area contributed by atoms with Gasteiger partial charge in [0.2, 0.25) is 0 Å². The summed E-state index contributed by atoms with van der Waals surface area (Å²) in [7, 11) is 0. The van der Waals surface area contributed by atoms with Crippen LogP contribution in [0.4, 0.5) is 5.82 Å². The lowest BCUT2D eigenvalue weighted by atomic mass is 10.1. The first-order valence-electron chi connectivity index (χ1n) is 6.69.